The van der Waals surface area contributed by atoms with Crippen LogP contribution in [0, 0.1) is 0 Å². The average Bonchev–Trinajstić information content (AvgIpc) is 2.55. The Morgan fingerprint density at radius 2 is 2.07 bits per heavy atom. The fraction of sp³-hybridized carbons (Fsp3) is 0.400. The van der Waals surface area contributed by atoms with Crippen LogP contribution in [-0.4, -0.2) is 15.2 Å². The van der Waals surface area contributed by atoms with Crippen LogP contribution in [0.2, 0.25) is 0 Å². The summed E-state index contributed by atoms with van der Waals surface area (Å²) in [5, 5.41) is 6.85. The molecule has 2 aromatic rings. The summed E-state index contributed by atoms with van der Waals surface area (Å²) in [7, 11) is 0. The van der Waals surface area contributed by atoms with Gasteiger partial charge in [0.1, 0.15) is 5.52 Å². The molecular formula is C10H14N4O. The van der Waals surface area contributed by atoms with E-state index in [1.807, 2.05) is 6.20 Å². The Morgan fingerprint density at radius 3 is 2.67 bits per heavy atom. The number of nitrogens with two attached hydrogens (primary N) is 1. The molecule has 15 heavy (non-hydrogen) atoms. The van der Waals surface area contributed by atoms with E-state index in [1.54, 1.807) is 0 Å². The van der Waals surface area contributed by atoms with Crippen LogP contribution in [0.1, 0.15) is 26.3 Å². The van der Waals surface area contributed by atoms with Crippen LogP contribution in [0.15, 0.2) is 11.0 Å². The molecule has 5 nitrogen and oxygen atoms in total. The largest absolute Gasteiger partial charge is 0.382 e. The van der Waals surface area contributed by atoms with E-state index in [4.69, 9.17) is 5.73 Å². The highest BCUT2D eigenvalue weighted by Crippen LogP contribution is 2.30. The van der Waals surface area contributed by atoms with Crippen molar-refractivity contribution in [2.75, 3.05) is 5.73 Å². The van der Waals surface area contributed by atoms with Gasteiger partial charge in [-0.2, -0.15) is 5.10 Å². The fourth-order valence-electron chi connectivity index (χ4n) is 1.68. The number of H-pyrrole nitrogens is 2. The summed E-state index contributed by atoms with van der Waals surface area (Å²) in [4.78, 5) is 14.4. The van der Waals surface area contributed by atoms with E-state index in [1.165, 1.54) is 0 Å². The van der Waals surface area contributed by atoms with E-state index in [0.717, 1.165) is 10.9 Å². The number of aromatic nitrogens is 3. The molecule has 0 spiro atoms. The molecule has 2 rings (SSSR count). The van der Waals surface area contributed by atoms with E-state index in [2.05, 4.69) is 36.0 Å². The maximum absolute atomic E-state index is 11.5. The fourth-order valence-corrected chi connectivity index (χ4v) is 1.68. The van der Waals surface area contributed by atoms with Gasteiger partial charge in [-0.3, -0.25) is 4.79 Å². The Kier molecular flexibility index (Phi) is 1.86. The molecule has 5 heteroatoms. The number of nitrogens with zero attached hydrogens (tertiary/aromatic N) is 1. The normalized spacial score (nSPS) is 12.2. The highest BCUT2D eigenvalue weighted by Gasteiger charge is 2.21. The molecule has 0 aliphatic carbocycles. The second-order valence-corrected chi connectivity index (χ2v) is 4.64. The van der Waals surface area contributed by atoms with Crippen LogP contribution >= 0.6 is 0 Å². The smallest absolute Gasteiger partial charge is 0.288 e. The lowest BCUT2D eigenvalue weighted by atomic mass is 9.87. The van der Waals surface area contributed by atoms with E-state index in [-0.39, 0.29) is 11.0 Å². The van der Waals surface area contributed by atoms with Crippen molar-refractivity contribution in [1.29, 1.82) is 0 Å². The van der Waals surface area contributed by atoms with Gasteiger partial charge in [-0.25, -0.2) is 5.10 Å². The monoisotopic (exact) mass is 206 g/mol. The van der Waals surface area contributed by atoms with Crippen LogP contribution in [0.5, 0.6) is 0 Å². The van der Waals surface area contributed by atoms with Crippen LogP contribution in [0.25, 0.3) is 10.9 Å². The molecule has 0 saturated carbocycles. The zero-order valence-corrected chi connectivity index (χ0v) is 9.01. The van der Waals surface area contributed by atoms with Crippen LogP contribution < -0.4 is 11.3 Å². The third-order valence-corrected chi connectivity index (χ3v) is 2.45. The van der Waals surface area contributed by atoms with E-state index < -0.39 is 0 Å². The highest BCUT2D eigenvalue weighted by molar-refractivity contribution is 5.91. The first-order chi connectivity index (χ1) is 6.91. The second kappa shape index (κ2) is 2.85. The number of nitrogen functional groups attached to an aromatic ring is 1. The van der Waals surface area contributed by atoms with Gasteiger partial charge in [0.15, 0.2) is 5.82 Å². The average molecular weight is 206 g/mol. The summed E-state index contributed by atoms with van der Waals surface area (Å²) in [6.07, 6.45) is 1.82. The number of hydrogen-bond donors (Lipinski definition) is 3. The molecule has 0 aliphatic heterocycles. The molecule has 2 aromatic heterocycles. The van der Waals surface area contributed by atoms with Gasteiger partial charge in [-0.1, -0.05) is 20.8 Å². The molecule has 80 valence electrons. The van der Waals surface area contributed by atoms with Crippen LogP contribution in [0.4, 0.5) is 5.82 Å². The molecular weight excluding hydrogens is 192 g/mol. The molecule has 4 N–H and O–H groups in total. The maximum atomic E-state index is 11.5. The van der Waals surface area contributed by atoms with E-state index in [0.29, 0.717) is 11.3 Å². The van der Waals surface area contributed by atoms with E-state index >= 15 is 0 Å². The molecule has 0 unspecified atom stereocenters. The van der Waals surface area contributed by atoms with Crippen molar-refractivity contribution in [2.45, 2.75) is 26.2 Å². The molecule has 0 bridgehead atoms. The molecule has 0 amide bonds. The van der Waals surface area contributed by atoms with E-state index in [9.17, 15) is 4.79 Å². The third kappa shape index (κ3) is 1.40. The summed E-state index contributed by atoms with van der Waals surface area (Å²) >= 11 is 0. The SMILES string of the molecule is CC(C)(C)c1c[nH]c2c(=O)[nH]nc(N)c12. The molecule has 0 radical (unpaired) electrons. The third-order valence-electron chi connectivity index (χ3n) is 2.45. The lowest BCUT2D eigenvalue weighted by Gasteiger charge is -2.17. The molecule has 0 saturated heterocycles. The van der Waals surface area contributed by atoms with Gasteiger partial charge in [0.25, 0.3) is 5.56 Å². The van der Waals surface area contributed by atoms with Crippen molar-refractivity contribution in [3.63, 3.8) is 0 Å². The first-order valence-corrected chi connectivity index (χ1v) is 4.77. The molecule has 0 atom stereocenters. The minimum absolute atomic E-state index is 0.0676. The Morgan fingerprint density at radius 1 is 1.40 bits per heavy atom. The molecule has 2 heterocycles. The predicted molar refractivity (Wildman–Crippen MR) is 59.8 cm³/mol. The van der Waals surface area contributed by atoms with Gasteiger partial charge in [-0.05, 0) is 11.0 Å². The summed E-state index contributed by atoms with van der Waals surface area (Å²) < 4.78 is 0. The number of nitrogens with one attached hydrogen (secondary N) is 2. The Bertz CT molecular complexity index is 559. The summed E-state index contributed by atoms with van der Waals surface area (Å²) in [6, 6.07) is 0. The van der Waals surface area contributed by atoms with Crippen molar-refractivity contribution in [1.82, 2.24) is 15.2 Å². The van der Waals surface area contributed by atoms with Crippen LogP contribution in [0.3, 0.4) is 0 Å². The zero-order chi connectivity index (χ0) is 11.2. The number of rotatable bonds is 0. The number of anilines is 1. The number of fused-ring (bicyclic) bond motifs is 1. The van der Waals surface area contributed by atoms with Gasteiger partial charge < -0.3 is 10.7 Å². The van der Waals surface area contributed by atoms with Crippen molar-refractivity contribution in [3.05, 3.63) is 22.1 Å². The van der Waals surface area contributed by atoms with Gasteiger partial charge in [-0.15, -0.1) is 0 Å². The standard InChI is InChI=1S/C10H14N4O/c1-10(2,3)5-4-12-7-6(5)8(11)13-14-9(7)15/h4,12H,1-3H3,(H2,11,13)(H,14,15). The Labute approximate surface area is 86.7 Å². The molecule has 0 aromatic carbocycles. The van der Waals surface area contributed by atoms with Crippen molar-refractivity contribution in [2.24, 2.45) is 0 Å². The van der Waals surface area contributed by atoms with Gasteiger partial charge >= 0.3 is 0 Å². The van der Waals surface area contributed by atoms with Crippen molar-refractivity contribution >= 4 is 16.7 Å². The number of aromatic amines is 2. The molecule has 0 fully saturated rings. The minimum Gasteiger partial charge on any atom is -0.382 e. The van der Waals surface area contributed by atoms with Crippen molar-refractivity contribution in [3.8, 4) is 0 Å². The molecule has 0 aliphatic rings. The van der Waals surface area contributed by atoms with Gasteiger partial charge in [0.05, 0.1) is 5.39 Å². The second-order valence-electron chi connectivity index (χ2n) is 4.64. The van der Waals surface area contributed by atoms with Gasteiger partial charge in [0, 0.05) is 6.20 Å². The topological polar surface area (TPSA) is 87.6 Å². The summed E-state index contributed by atoms with van der Waals surface area (Å²) in [5.74, 6) is 0.357. The highest BCUT2D eigenvalue weighted by atomic mass is 16.1. The van der Waals surface area contributed by atoms with Crippen molar-refractivity contribution < 1.29 is 0 Å². The summed E-state index contributed by atoms with van der Waals surface area (Å²) in [5.41, 5.74) is 6.96. The Balaban J connectivity index is 2.92. The zero-order valence-electron chi connectivity index (χ0n) is 9.01. The lowest BCUT2D eigenvalue weighted by molar-refractivity contribution is 0.595. The predicted octanol–water partition coefficient (Wildman–Crippen LogP) is 1.13. The first-order valence-electron chi connectivity index (χ1n) is 4.77. The Hall–Kier alpha value is -1.78. The first kappa shape index (κ1) is 9.76. The maximum Gasteiger partial charge on any atom is 0.288 e. The minimum atomic E-state index is -0.241. The number of hydrogen-bond acceptors (Lipinski definition) is 3. The lowest BCUT2D eigenvalue weighted by Crippen LogP contribution is -2.14. The quantitative estimate of drug-likeness (QED) is 0.603. The van der Waals surface area contributed by atoms with Crippen LogP contribution in [-0.2, 0) is 5.41 Å². The summed E-state index contributed by atoms with van der Waals surface area (Å²) in [6.45, 7) is 6.20. The van der Waals surface area contributed by atoms with Gasteiger partial charge in [0.2, 0.25) is 0 Å².